The fourth-order valence-corrected chi connectivity index (χ4v) is 3.16. The Hall–Kier alpha value is -1.80. The highest BCUT2D eigenvalue weighted by Gasteiger charge is 2.25. The van der Waals surface area contributed by atoms with Crippen molar-refractivity contribution in [2.45, 2.75) is 51.8 Å². The first-order chi connectivity index (χ1) is 12.0. The molecule has 26 heavy (non-hydrogen) atoms. The van der Waals surface area contributed by atoms with Gasteiger partial charge < -0.3 is 19.1 Å². The Morgan fingerprint density at radius 3 is 2.46 bits per heavy atom. The molecule has 2 rings (SSSR count). The third kappa shape index (κ3) is 7.21. The summed E-state index contributed by atoms with van der Waals surface area (Å²) >= 11 is 0. The zero-order chi connectivity index (χ0) is 19.4. The number of rotatable bonds is 6. The Labute approximate surface area is 155 Å². The summed E-state index contributed by atoms with van der Waals surface area (Å²) in [7, 11) is -3.55. The van der Waals surface area contributed by atoms with Crippen LogP contribution in [0.2, 0.25) is 0 Å². The Morgan fingerprint density at radius 2 is 1.96 bits per heavy atom. The molecule has 1 atom stereocenters. The Morgan fingerprint density at radius 1 is 1.31 bits per heavy atom. The summed E-state index contributed by atoms with van der Waals surface area (Å²) in [6.07, 6.45) is 3.01. The second-order valence-electron chi connectivity index (χ2n) is 7.63. The lowest BCUT2D eigenvalue weighted by Gasteiger charge is -2.30. The van der Waals surface area contributed by atoms with Gasteiger partial charge in [-0.1, -0.05) is 12.1 Å². The van der Waals surface area contributed by atoms with E-state index in [2.05, 4.69) is 5.32 Å². The van der Waals surface area contributed by atoms with Gasteiger partial charge in [0.05, 0.1) is 12.4 Å². The summed E-state index contributed by atoms with van der Waals surface area (Å²) in [6, 6.07) is 6.54. The van der Waals surface area contributed by atoms with Crippen LogP contribution in [0.15, 0.2) is 24.3 Å². The van der Waals surface area contributed by atoms with E-state index in [1.165, 1.54) is 0 Å². The molecule has 0 aliphatic carbocycles. The second-order valence-corrected chi connectivity index (χ2v) is 9.20. The van der Waals surface area contributed by atoms with Crippen LogP contribution < -0.4 is 9.50 Å². The average molecular weight is 384 g/mol. The van der Waals surface area contributed by atoms with Crippen molar-refractivity contribution in [3.63, 3.8) is 0 Å². The van der Waals surface area contributed by atoms with E-state index in [9.17, 15) is 13.2 Å². The molecule has 1 unspecified atom stereocenters. The van der Waals surface area contributed by atoms with Crippen molar-refractivity contribution in [3.05, 3.63) is 29.8 Å². The molecule has 0 saturated carbocycles. The van der Waals surface area contributed by atoms with Crippen LogP contribution in [0.4, 0.5) is 4.79 Å². The molecular weight excluding hydrogens is 356 g/mol. The second kappa shape index (κ2) is 8.26. The summed E-state index contributed by atoms with van der Waals surface area (Å²) in [5.74, 6) is 0.251. The van der Waals surface area contributed by atoms with Crippen LogP contribution in [0.5, 0.6) is 5.75 Å². The number of benzene rings is 1. The van der Waals surface area contributed by atoms with E-state index >= 15 is 0 Å². The van der Waals surface area contributed by atoms with E-state index in [4.69, 9.17) is 8.92 Å². The standard InChI is InChI=1S/C18H28N2O5S/c1-18(2,3)19-17(21)20(13-16-6-5-11-24-16)12-14-7-9-15(10-8-14)25-26(4,22)23/h7-10,16H,5-6,11-13H2,1-4H3,(H,19,21). The van der Waals surface area contributed by atoms with Crippen LogP contribution in [0, 0.1) is 0 Å². The maximum absolute atomic E-state index is 12.7. The number of hydrogen-bond acceptors (Lipinski definition) is 5. The van der Waals surface area contributed by atoms with Gasteiger partial charge in [-0.15, -0.1) is 0 Å². The molecule has 0 spiro atoms. The topological polar surface area (TPSA) is 84.9 Å². The predicted octanol–water partition coefficient (Wildman–Crippen LogP) is 2.51. The average Bonchev–Trinajstić information content (AvgIpc) is 2.98. The fraction of sp³-hybridized carbons (Fsp3) is 0.611. The molecule has 1 heterocycles. The number of urea groups is 1. The van der Waals surface area contributed by atoms with Crippen molar-refractivity contribution in [1.29, 1.82) is 0 Å². The summed E-state index contributed by atoms with van der Waals surface area (Å²) in [5.41, 5.74) is 0.548. The van der Waals surface area contributed by atoms with Gasteiger partial charge in [-0.2, -0.15) is 8.42 Å². The minimum absolute atomic E-state index is 0.0496. The normalized spacial score (nSPS) is 17.8. The molecule has 1 aliphatic heterocycles. The number of ether oxygens (including phenoxy) is 1. The third-order valence-electron chi connectivity index (χ3n) is 3.76. The molecule has 1 aliphatic rings. The molecule has 2 amide bonds. The van der Waals surface area contributed by atoms with Gasteiger partial charge in [0, 0.05) is 25.2 Å². The van der Waals surface area contributed by atoms with Gasteiger partial charge >= 0.3 is 16.1 Å². The predicted molar refractivity (Wildman–Crippen MR) is 99.6 cm³/mol. The number of nitrogens with zero attached hydrogens (tertiary/aromatic N) is 1. The highest BCUT2D eigenvalue weighted by atomic mass is 32.2. The lowest BCUT2D eigenvalue weighted by Crippen LogP contribution is -2.50. The highest BCUT2D eigenvalue weighted by Crippen LogP contribution is 2.18. The van der Waals surface area contributed by atoms with Crippen molar-refractivity contribution in [1.82, 2.24) is 10.2 Å². The summed E-state index contributed by atoms with van der Waals surface area (Å²) in [6.45, 7) is 7.47. The first-order valence-electron chi connectivity index (χ1n) is 8.69. The van der Waals surface area contributed by atoms with Crippen LogP contribution in [-0.4, -0.2) is 50.4 Å². The number of carbonyl (C=O) groups is 1. The number of carbonyl (C=O) groups excluding carboxylic acids is 1. The molecule has 1 saturated heterocycles. The Bertz CT molecular complexity index is 704. The highest BCUT2D eigenvalue weighted by molar-refractivity contribution is 7.86. The lowest BCUT2D eigenvalue weighted by molar-refractivity contribution is 0.0782. The first kappa shape index (κ1) is 20.5. The molecule has 8 heteroatoms. The van der Waals surface area contributed by atoms with Crippen molar-refractivity contribution in [3.8, 4) is 5.75 Å². The van der Waals surface area contributed by atoms with E-state index in [1.807, 2.05) is 20.8 Å². The smallest absolute Gasteiger partial charge is 0.318 e. The van der Waals surface area contributed by atoms with E-state index in [0.29, 0.717) is 13.1 Å². The van der Waals surface area contributed by atoms with Crippen LogP contribution in [0.3, 0.4) is 0 Å². The first-order valence-corrected chi connectivity index (χ1v) is 10.5. The van der Waals surface area contributed by atoms with Gasteiger partial charge in [0.25, 0.3) is 0 Å². The largest absolute Gasteiger partial charge is 0.383 e. The van der Waals surface area contributed by atoms with Crippen LogP contribution >= 0.6 is 0 Å². The molecule has 0 aromatic heterocycles. The summed E-state index contributed by atoms with van der Waals surface area (Å²) in [5, 5.41) is 2.98. The van der Waals surface area contributed by atoms with Crippen molar-refractivity contribution in [2.75, 3.05) is 19.4 Å². The van der Waals surface area contributed by atoms with E-state index < -0.39 is 10.1 Å². The number of nitrogens with one attached hydrogen (secondary N) is 1. The maximum Gasteiger partial charge on any atom is 0.318 e. The fourth-order valence-electron chi connectivity index (χ4n) is 2.70. The van der Waals surface area contributed by atoms with Gasteiger partial charge in [-0.25, -0.2) is 4.79 Å². The van der Waals surface area contributed by atoms with E-state index in [-0.39, 0.29) is 23.4 Å². The molecule has 1 aromatic rings. The summed E-state index contributed by atoms with van der Waals surface area (Å²) < 4.78 is 32.9. The van der Waals surface area contributed by atoms with Crippen LogP contribution in [0.1, 0.15) is 39.2 Å². The van der Waals surface area contributed by atoms with Crippen molar-refractivity contribution in [2.24, 2.45) is 0 Å². The minimum atomic E-state index is -3.55. The van der Waals surface area contributed by atoms with Gasteiger partial charge in [0.15, 0.2) is 0 Å². The van der Waals surface area contributed by atoms with E-state index in [0.717, 1.165) is 31.3 Å². The molecular formula is C18H28N2O5S. The van der Waals surface area contributed by atoms with Gasteiger partial charge in [-0.3, -0.25) is 0 Å². The van der Waals surface area contributed by atoms with Crippen molar-refractivity contribution < 1.29 is 22.1 Å². The zero-order valence-electron chi connectivity index (χ0n) is 15.8. The molecule has 1 aromatic carbocycles. The van der Waals surface area contributed by atoms with E-state index in [1.54, 1.807) is 29.2 Å². The number of hydrogen-bond donors (Lipinski definition) is 1. The van der Waals surface area contributed by atoms with Gasteiger partial charge in [0.2, 0.25) is 0 Å². The molecule has 146 valence electrons. The minimum Gasteiger partial charge on any atom is -0.383 e. The SMILES string of the molecule is CC(C)(C)NC(=O)N(Cc1ccc(OS(C)(=O)=O)cc1)CC1CCCO1. The van der Waals surface area contributed by atoms with Crippen LogP contribution in [-0.2, 0) is 21.4 Å². The number of amides is 2. The molecule has 0 radical (unpaired) electrons. The van der Waals surface area contributed by atoms with Crippen molar-refractivity contribution >= 4 is 16.1 Å². The van der Waals surface area contributed by atoms with Crippen LogP contribution in [0.25, 0.3) is 0 Å². The lowest BCUT2D eigenvalue weighted by atomic mass is 10.1. The summed E-state index contributed by atoms with van der Waals surface area (Å²) in [4.78, 5) is 14.4. The maximum atomic E-state index is 12.7. The van der Waals surface area contributed by atoms with Gasteiger partial charge in [-0.05, 0) is 51.3 Å². The Balaban J connectivity index is 2.08. The third-order valence-corrected chi connectivity index (χ3v) is 4.26. The molecule has 1 N–H and O–H groups in total. The quantitative estimate of drug-likeness (QED) is 0.762. The Kier molecular flexibility index (Phi) is 6.52. The van der Waals surface area contributed by atoms with Gasteiger partial charge in [0.1, 0.15) is 5.75 Å². The molecule has 0 bridgehead atoms. The monoisotopic (exact) mass is 384 g/mol. The zero-order valence-corrected chi connectivity index (χ0v) is 16.6. The molecule has 1 fully saturated rings. The molecule has 7 nitrogen and oxygen atoms in total.